The summed E-state index contributed by atoms with van der Waals surface area (Å²) in [5.74, 6) is 1.55. The number of carbonyl (C=O) groups is 2. The molecule has 1 aromatic heterocycles. The number of ether oxygens (including phenoxy) is 2. The monoisotopic (exact) mass is 439 g/mol. The van der Waals surface area contributed by atoms with E-state index in [1.807, 2.05) is 4.57 Å². The van der Waals surface area contributed by atoms with Crippen LogP contribution >= 0.6 is 23.4 Å². The summed E-state index contributed by atoms with van der Waals surface area (Å²) >= 11 is 7.38. The van der Waals surface area contributed by atoms with Crippen LogP contribution in [0.1, 0.15) is 31.0 Å². The Morgan fingerprint density at radius 2 is 2.00 bits per heavy atom. The predicted octanol–water partition coefficient (Wildman–Crippen LogP) is 2.43. The predicted molar refractivity (Wildman–Crippen MR) is 110 cm³/mol. The average Bonchev–Trinajstić information content (AvgIpc) is 3.45. The number of nitrogens with one attached hydrogen (secondary N) is 1. The quantitative estimate of drug-likeness (QED) is 0.545. The van der Waals surface area contributed by atoms with Gasteiger partial charge in [0, 0.05) is 24.9 Å². The largest absolute Gasteiger partial charge is 0.495 e. The maximum Gasteiger partial charge on any atom is 0.234 e. The second-order valence-electron chi connectivity index (χ2n) is 6.51. The molecule has 29 heavy (non-hydrogen) atoms. The van der Waals surface area contributed by atoms with Crippen LogP contribution in [0.25, 0.3) is 0 Å². The fourth-order valence-electron chi connectivity index (χ4n) is 2.76. The molecular formula is C18H22ClN5O4S. The lowest BCUT2D eigenvalue weighted by Crippen LogP contribution is -2.17. The first-order chi connectivity index (χ1) is 13.9. The third-order valence-electron chi connectivity index (χ3n) is 4.35. The lowest BCUT2D eigenvalue weighted by molar-refractivity contribution is -0.118. The summed E-state index contributed by atoms with van der Waals surface area (Å²) in [6, 6.07) is 3.18. The van der Waals surface area contributed by atoms with E-state index in [-0.39, 0.29) is 18.1 Å². The maximum absolute atomic E-state index is 12.5. The number of hydrogen-bond donors (Lipinski definition) is 2. The van der Waals surface area contributed by atoms with Gasteiger partial charge in [-0.25, -0.2) is 0 Å². The van der Waals surface area contributed by atoms with E-state index in [1.165, 1.54) is 26.0 Å². The van der Waals surface area contributed by atoms with E-state index in [2.05, 4.69) is 15.5 Å². The number of thioether (sulfide) groups is 1. The Hall–Kier alpha value is -2.46. The number of anilines is 1. The molecular weight excluding hydrogens is 418 g/mol. The van der Waals surface area contributed by atoms with Crippen molar-refractivity contribution in [2.24, 2.45) is 5.73 Å². The molecule has 11 heteroatoms. The van der Waals surface area contributed by atoms with E-state index in [4.69, 9.17) is 26.8 Å². The second kappa shape index (κ2) is 9.36. The Morgan fingerprint density at radius 3 is 2.62 bits per heavy atom. The first-order valence-corrected chi connectivity index (χ1v) is 10.3. The normalized spacial score (nSPS) is 13.2. The highest BCUT2D eigenvalue weighted by Gasteiger charge is 2.30. The van der Waals surface area contributed by atoms with Gasteiger partial charge in [-0.2, -0.15) is 0 Å². The van der Waals surface area contributed by atoms with Gasteiger partial charge in [-0.05, 0) is 18.9 Å². The molecule has 0 radical (unpaired) electrons. The van der Waals surface area contributed by atoms with Gasteiger partial charge in [-0.3, -0.25) is 9.59 Å². The van der Waals surface area contributed by atoms with E-state index in [0.717, 1.165) is 18.7 Å². The Labute approximate surface area is 177 Å². The zero-order chi connectivity index (χ0) is 21.0. The van der Waals surface area contributed by atoms with E-state index in [9.17, 15) is 9.59 Å². The Morgan fingerprint density at radius 1 is 1.28 bits per heavy atom. The third-order valence-corrected chi connectivity index (χ3v) is 5.61. The standard InChI is InChI=1S/C18H22ClN5O4S/c1-27-13-8-14(28-2)12(7-11(13)19)21-16(26)9-29-18-23-22-17(10-3-4-10)24(18)6-5-15(20)25/h7-8,10H,3-6,9H2,1-2H3,(H2,20,25)(H,21,26). The zero-order valence-corrected chi connectivity index (χ0v) is 17.7. The van der Waals surface area contributed by atoms with Crippen LogP contribution in [0.15, 0.2) is 17.3 Å². The number of halogens is 1. The minimum atomic E-state index is -0.391. The van der Waals surface area contributed by atoms with Crippen molar-refractivity contribution in [1.82, 2.24) is 14.8 Å². The van der Waals surface area contributed by atoms with Gasteiger partial charge in [0.1, 0.15) is 17.3 Å². The molecule has 2 aromatic rings. The van der Waals surface area contributed by atoms with Gasteiger partial charge in [0.15, 0.2) is 5.16 Å². The molecule has 2 amide bonds. The minimum absolute atomic E-state index is 0.103. The van der Waals surface area contributed by atoms with Crippen LogP contribution in [0, 0.1) is 0 Å². The molecule has 1 saturated carbocycles. The SMILES string of the molecule is COc1cc(OC)c(NC(=O)CSc2nnc(C3CC3)n2CCC(N)=O)cc1Cl. The molecule has 1 aromatic carbocycles. The highest BCUT2D eigenvalue weighted by Crippen LogP contribution is 2.40. The number of hydrogen-bond acceptors (Lipinski definition) is 7. The molecule has 1 aliphatic carbocycles. The Balaban J connectivity index is 1.67. The topological polar surface area (TPSA) is 121 Å². The summed E-state index contributed by atoms with van der Waals surface area (Å²) in [5.41, 5.74) is 5.72. The highest BCUT2D eigenvalue weighted by molar-refractivity contribution is 7.99. The van der Waals surface area contributed by atoms with Gasteiger partial charge < -0.3 is 25.1 Å². The zero-order valence-electron chi connectivity index (χ0n) is 16.1. The first-order valence-electron chi connectivity index (χ1n) is 8.98. The van der Waals surface area contributed by atoms with Crippen molar-refractivity contribution in [2.45, 2.75) is 36.9 Å². The van der Waals surface area contributed by atoms with Gasteiger partial charge in [-0.1, -0.05) is 23.4 Å². The summed E-state index contributed by atoms with van der Waals surface area (Å²) < 4.78 is 12.3. The van der Waals surface area contributed by atoms with Crippen LogP contribution in [0.5, 0.6) is 11.5 Å². The summed E-state index contributed by atoms with van der Waals surface area (Å²) in [6.45, 7) is 0.403. The maximum atomic E-state index is 12.5. The van der Waals surface area contributed by atoms with Crippen molar-refractivity contribution in [1.29, 1.82) is 0 Å². The van der Waals surface area contributed by atoms with E-state index < -0.39 is 5.91 Å². The van der Waals surface area contributed by atoms with Gasteiger partial charge in [0.05, 0.1) is 30.7 Å². The van der Waals surface area contributed by atoms with Crippen molar-refractivity contribution >= 4 is 40.9 Å². The van der Waals surface area contributed by atoms with Gasteiger partial charge in [-0.15, -0.1) is 10.2 Å². The minimum Gasteiger partial charge on any atom is -0.495 e. The smallest absolute Gasteiger partial charge is 0.234 e. The van der Waals surface area contributed by atoms with Gasteiger partial charge in [0.2, 0.25) is 11.8 Å². The Bertz CT molecular complexity index is 916. The van der Waals surface area contributed by atoms with Crippen LogP contribution in [-0.2, 0) is 16.1 Å². The fourth-order valence-corrected chi connectivity index (χ4v) is 3.77. The van der Waals surface area contributed by atoms with Crippen molar-refractivity contribution in [2.75, 3.05) is 25.3 Å². The lowest BCUT2D eigenvalue weighted by Gasteiger charge is -2.13. The lowest BCUT2D eigenvalue weighted by atomic mass is 10.2. The molecule has 9 nitrogen and oxygen atoms in total. The number of nitrogens with two attached hydrogens (primary N) is 1. The number of amides is 2. The van der Waals surface area contributed by atoms with Crippen LogP contribution in [0.4, 0.5) is 5.69 Å². The Kier molecular flexibility index (Phi) is 6.86. The van der Waals surface area contributed by atoms with Crippen LogP contribution < -0.4 is 20.5 Å². The molecule has 1 heterocycles. The molecule has 3 N–H and O–H groups in total. The third kappa shape index (κ3) is 5.33. The second-order valence-corrected chi connectivity index (χ2v) is 7.86. The van der Waals surface area contributed by atoms with E-state index in [1.54, 1.807) is 12.1 Å². The highest BCUT2D eigenvalue weighted by atomic mass is 35.5. The summed E-state index contributed by atoms with van der Waals surface area (Å²) in [4.78, 5) is 23.6. The van der Waals surface area contributed by atoms with Crippen molar-refractivity contribution < 1.29 is 19.1 Å². The number of methoxy groups -OCH3 is 2. The molecule has 0 unspecified atom stereocenters. The number of primary amides is 1. The molecule has 0 spiro atoms. The molecule has 156 valence electrons. The summed E-state index contributed by atoms with van der Waals surface area (Å²) in [7, 11) is 2.99. The molecule has 1 aliphatic rings. The van der Waals surface area contributed by atoms with Crippen LogP contribution in [0.2, 0.25) is 5.02 Å². The molecule has 0 aliphatic heterocycles. The van der Waals surface area contributed by atoms with Crippen molar-refractivity contribution in [3.05, 3.63) is 23.0 Å². The molecule has 0 saturated heterocycles. The van der Waals surface area contributed by atoms with Crippen molar-refractivity contribution in [3.8, 4) is 11.5 Å². The number of nitrogens with zero attached hydrogens (tertiary/aromatic N) is 3. The van der Waals surface area contributed by atoms with Gasteiger partial charge >= 0.3 is 0 Å². The number of aromatic nitrogens is 3. The first kappa shape index (κ1) is 21.3. The molecule has 3 rings (SSSR count). The molecule has 1 fully saturated rings. The number of rotatable bonds is 10. The summed E-state index contributed by atoms with van der Waals surface area (Å²) in [5, 5.41) is 12.1. The van der Waals surface area contributed by atoms with E-state index >= 15 is 0 Å². The molecule has 0 atom stereocenters. The van der Waals surface area contributed by atoms with E-state index in [0.29, 0.717) is 39.8 Å². The van der Waals surface area contributed by atoms with Crippen molar-refractivity contribution in [3.63, 3.8) is 0 Å². The fraction of sp³-hybridized carbons (Fsp3) is 0.444. The van der Waals surface area contributed by atoms with Gasteiger partial charge in [0.25, 0.3) is 0 Å². The average molecular weight is 440 g/mol. The van der Waals surface area contributed by atoms with Crippen LogP contribution in [0.3, 0.4) is 0 Å². The molecule has 0 bridgehead atoms. The summed E-state index contributed by atoms with van der Waals surface area (Å²) in [6.07, 6.45) is 2.30. The van der Waals surface area contributed by atoms with Crippen LogP contribution in [-0.4, -0.2) is 46.6 Å². The number of carbonyl (C=O) groups excluding carboxylic acids is 2. The number of benzene rings is 1.